The number of benzene rings is 1. The Morgan fingerprint density at radius 3 is 2.95 bits per heavy atom. The van der Waals surface area contributed by atoms with Crippen LogP contribution in [0.3, 0.4) is 0 Å². The van der Waals surface area contributed by atoms with Crippen molar-refractivity contribution in [3.63, 3.8) is 0 Å². The second kappa shape index (κ2) is 4.80. The Balaban J connectivity index is 1.96. The van der Waals surface area contributed by atoms with Crippen molar-refractivity contribution in [1.82, 2.24) is 4.98 Å². The number of nitrogens with two attached hydrogens (primary N) is 1. The van der Waals surface area contributed by atoms with Gasteiger partial charge in [-0.1, -0.05) is 12.1 Å². The fourth-order valence-electron chi connectivity index (χ4n) is 2.45. The number of hydrogen-bond donors (Lipinski definition) is 1. The smallest absolute Gasteiger partial charge is 0.169 e. The van der Waals surface area contributed by atoms with Crippen LogP contribution in [0.2, 0.25) is 0 Å². The number of para-hydroxylation sites is 1. The minimum Gasteiger partial charge on any atom is -0.483 e. The first-order valence-corrected chi connectivity index (χ1v) is 6.71. The van der Waals surface area contributed by atoms with Crippen LogP contribution < -0.4 is 15.2 Å². The van der Waals surface area contributed by atoms with Crippen molar-refractivity contribution < 1.29 is 9.47 Å². The second-order valence-corrected chi connectivity index (χ2v) is 5.57. The zero-order valence-corrected chi connectivity index (χ0v) is 11.7. The Hall–Kier alpha value is -2.07. The Morgan fingerprint density at radius 2 is 2.15 bits per heavy atom. The predicted molar refractivity (Wildman–Crippen MR) is 77.1 cm³/mol. The van der Waals surface area contributed by atoms with Gasteiger partial charge < -0.3 is 15.2 Å². The van der Waals surface area contributed by atoms with E-state index in [-0.39, 0.29) is 5.60 Å². The summed E-state index contributed by atoms with van der Waals surface area (Å²) in [6, 6.07) is 7.80. The van der Waals surface area contributed by atoms with Crippen LogP contribution in [0.5, 0.6) is 17.2 Å². The SMILES string of the molecule is CC1(C)Cc2cccc(Oc3ccncc3CN)c2O1. The van der Waals surface area contributed by atoms with Gasteiger partial charge in [-0.2, -0.15) is 0 Å². The largest absolute Gasteiger partial charge is 0.483 e. The molecule has 0 unspecified atom stereocenters. The molecule has 0 saturated carbocycles. The molecular formula is C16H18N2O2. The molecule has 3 rings (SSSR count). The van der Waals surface area contributed by atoms with E-state index in [1.54, 1.807) is 12.4 Å². The van der Waals surface area contributed by atoms with Gasteiger partial charge in [0.05, 0.1) is 0 Å². The lowest BCUT2D eigenvalue weighted by molar-refractivity contribution is 0.135. The number of pyridine rings is 1. The lowest BCUT2D eigenvalue weighted by Crippen LogP contribution is -2.24. The molecule has 20 heavy (non-hydrogen) atoms. The monoisotopic (exact) mass is 270 g/mol. The fourth-order valence-corrected chi connectivity index (χ4v) is 2.45. The van der Waals surface area contributed by atoms with E-state index < -0.39 is 0 Å². The maximum atomic E-state index is 6.00. The van der Waals surface area contributed by atoms with Crippen molar-refractivity contribution in [1.29, 1.82) is 0 Å². The Kier molecular flexibility index (Phi) is 3.10. The van der Waals surface area contributed by atoms with E-state index in [1.165, 1.54) is 5.56 Å². The van der Waals surface area contributed by atoms with Gasteiger partial charge in [0.2, 0.25) is 0 Å². The zero-order chi connectivity index (χ0) is 14.2. The highest BCUT2D eigenvalue weighted by atomic mass is 16.5. The number of fused-ring (bicyclic) bond motifs is 1. The van der Waals surface area contributed by atoms with Gasteiger partial charge in [0.15, 0.2) is 11.5 Å². The van der Waals surface area contributed by atoms with Crippen LogP contribution in [0, 0.1) is 0 Å². The predicted octanol–water partition coefficient (Wildman–Crippen LogP) is 3.05. The van der Waals surface area contributed by atoms with Gasteiger partial charge in [0.1, 0.15) is 11.4 Å². The summed E-state index contributed by atoms with van der Waals surface area (Å²) < 4.78 is 12.0. The lowest BCUT2D eigenvalue weighted by atomic mass is 10.0. The Labute approximate surface area is 118 Å². The molecule has 0 amide bonds. The van der Waals surface area contributed by atoms with Crippen molar-refractivity contribution in [2.45, 2.75) is 32.4 Å². The van der Waals surface area contributed by atoms with Gasteiger partial charge in [-0.25, -0.2) is 0 Å². The molecule has 0 radical (unpaired) electrons. The average molecular weight is 270 g/mol. The van der Waals surface area contributed by atoms with Crippen molar-refractivity contribution >= 4 is 0 Å². The van der Waals surface area contributed by atoms with Crippen molar-refractivity contribution in [2.24, 2.45) is 5.73 Å². The lowest BCUT2D eigenvalue weighted by Gasteiger charge is -2.18. The fraction of sp³-hybridized carbons (Fsp3) is 0.312. The number of ether oxygens (including phenoxy) is 2. The highest BCUT2D eigenvalue weighted by Gasteiger charge is 2.32. The maximum absolute atomic E-state index is 6.00. The molecule has 0 atom stereocenters. The van der Waals surface area contributed by atoms with Crippen LogP contribution in [0.15, 0.2) is 36.7 Å². The van der Waals surface area contributed by atoms with Gasteiger partial charge in [0, 0.05) is 36.5 Å². The Morgan fingerprint density at radius 1 is 1.30 bits per heavy atom. The summed E-state index contributed by atoms with van der Waals surface area (Å²) in [6.45, 7) is 4.55. The Bertz CT molecular complexity index is 638. The molecule has 1 aromatic carbocycles. The number of hydrogen-bond acceptors (Lipinski definition) is 4. The highest BCUT2D eigenvalue weighted by molar-refractivity contribution is 5.52. The van der Waals surface area contributed by atoms with E-state index in [4.69, 9.17) is 15.2 Å². The van der Waals surface area contributed by atoms with E-state index in [2.05, 4.69) is 24.9 Å². The summed E-state index contributed by atoms with van der Waals surface area (Å²) in [5.41, 5.74) is 7.58. The van der Waals surface area contributed by atoms with Crippen LogP contribution in [0.4, 0.5) is 0 Å². The second-order valence-electron chi connectivity index (χ2n) is 5.57. The summed E-state index contributed by atoms with van der Waals surface area (Å²) >= 11 is 0. The van der Waals surface area contributed by atoms with Gasteiger partial charge in [0.25, 0.3) is 0 Å². The van der Waals surface area contributed by atoms with Gasteiger partial charge in [-0.15, -0.1) is 0 Å². The summed E-state index contributed by atoms with van der Waals surface area (Å²) in [7, 11) is 0. The minimum absolute atomic E-state index is 0.184. The van der Waals surface area contributed by atoms with Gasteiger partial charge in [-0.05, 0) is 26.0 Å². The molecule has 4 heteroatoms. The molecule has 2 heterocycles. The van der Waals surface area contributed by atoms with Crippen LogP contribution in [-0.2, 0) is 13.0 Å². The van der Waals surface area contributed by atoms with Crippen molar-refractivity contribution in [2.75, 3.05) is 0 Å². The minimum atomic E-state index is -0.184. The molecule has 2 aromatic rings. The molecule has 0 saturated heterocycles. The van der Waals surface area contributed by atoms with Gasteiger partial charge in [-0.3, -0.25) is 4.98 Å². The average Bonchev–Trinajstić information content (AvgIpc) is 2.74. The topological polar surface area (TPSA) is 57.4 Å². The molecule has 104 valence electrons. The van der Waals surface area contributed by atoms with Crippen molar-refractivity contribution in [3.05, 3.63) is 47.8 Å². The molecular weight excluding hydrogens is 252 g/mol. The first-order chi connectivity index (χ1) is 9.59. The normalized spacial score (nSPS) is 15.6. The molecule has 0 bridgehead atoms. The van der Waals surface area contributed by atoms with E-state index in [0.29, 0.717) is 6.54 Å². The zero-order valence-electron chi connectivity index (χ0n) is 11.7. The molecule has 1 aromatic heterocycles. The van der Waals surface area contributed by atoms with E-state index in [9.17, 15) is 0 Å². The van der Waals surface area contributed by atoms with Crippen LogP contribution in [0.1, 0.15) is 25.0 Å². The third-order valence-corrected chi connectivity index (χ3v) is 3.35. The summed E-state index contributed by atoms with van der Waals surface area (Å²) in [5.74, 6) is 2.29. The number of rotatable bonds is 3. The third-order valence-electron chi connectivity index (χ3n) is 3.35. The summed E-state index contributed by atoms with van der Waals surface area (Å²) in [6.07, 6.45) is 4.31. The molecule has 1 aliphatic rings. The van der Waals surface area contributed by atoms with Gasteiger partial charge >= 0.3 is 0 Å². The van der Waals surface area contributed by atoms with E-state index in [1.807, 2.05) is 18.2 Å². The van der Waals surface area contributed by atoms with E-state index in [0.717, 1.165) is 29.2 Å². The third kappa shape index (κ3) is 2.34. The molecule has 0 fully saturated rings. The molecule has 0 aliphatic carbocycles. The molecule has 4 nitrogen and oxygen atoms in total. The van der Waals surface area contributed by atoms with E-state index >= 15 is 0 Å². The molecule has 2 N–H and O–H groups in total. The molecule has 0 spiro atoms. The number of aromatic nitrogens is 1. The summed E-state index contributed by atoms with van der Waals surface area (Å²) in [5, 5.41) is 0. The molecule has 1 aliphatic heterocycles. The highest BCUT2D eigenvalue weighted by Crippen LogP contribution is 2.43. The summed E-state index contributed by atoms with van der Waals surface area (Å²) in [4.78, 5) is 4.06. The van der Waals surface area contributed by atoms with Crippen LogP contribution >= 0.6 is 0 Å². The first kappa shape index (κ1) is 12.9. The number of nitrogens with zero attached hydrogens (tertiary/aromatic N) is 1. The maximum Gasteiger partial charge on any atom is 0.169 e. The standard InChI is InChI=1S/C16H18N2O2/c1-16(2)8-11-4-3-5-14(15(11)20-16)19-13-6-7-18-10-12(13)9-17/h3-7,10H,8-9,17H2,1-2H3. The van der Waals surface area contributed by atoms with Crippen LogP contribution in [0.25, 0.3) is 0 Å². The first-order valence-electron chi connectivity index (χ1n) is 6.71. The quantitative estimate of drug-likeness (QED) is 0.931. The van der Waals surface area contributed by atoms with Crippen LogP contribution in [-0.4, -0.2) is 10.6 Å². The van der Waals surface area contributed by atoms with Crippen molar-refractivity contribution in [3.8, 4) is 17.2 Å².